The number of hydrogen-bond acceptors (Lipinski definition) is 3. The van der Waals surface area contributed by atoms with E-state index in [4.69, 9.17) is 4.74 Å². The largest absolute Gasteiger partial charge is 0.378 e. The summed E-state index contributed by atoms with van der Waals surface area (Å²) < 4.78 is 5.71. The summed E-state index contributed by atoms with van der Waals surface area (Å²) in [5.41, 5.74) is 0.377. The molecule has 2 fully saturated rings. The lowest BCUT2D eigenvalue weighted by Gasteiger charge is -2.49. The summed E-state index contributed by atoms with van der Waals surface area (Å²) in [4.78, 5) is 5.36. The van der Waals surface area contributed by atoms with Crippen molar-refractivity contribution in [2.24, 2.45) is 5.92 Å². The highest BCUT2D eigenvalue weighted by Crippen LogP contribution is 2.31. The highest BCUT2D eigenvalue weighted by molar-refractivity contribution is 4.93. The molecule has 0 amide bonds. The zero-order valence-corrected chi connectivity index (χ0v) is 13.3. The van der Waals surface area contributed by atoms with Crippen LogP contribution in [0.25, 0.3) is 0 Å². The highest BCUT2D eigenvalue weighted by atomic mass is 16.5. The summed E-state index contributed by atoms with van der Waals surface area (Å²) in [5, 5.41) is 0. The minimum absolute atomic E-state index is 0.377. The van der Waals surface area contributed by atoms with Crippen molar-refractivity contribution in [1.29, 1.82) is 0 Å². The van der Waals surface area contributed by atoms with Gasteiger partial charge in [-0.3, -0.25) is 4.90 Å². The van der Waals surface area contributed by atoms with Gasteiger partial charge in [0.15, 0.2) is 0 Å². The maximum Gasteiger partial charge on any atom is 0.0564 e. The zero-order chi connectivity index (χ0) is 13.9. The molecule has 0 aromatic rings. The van der Waals surface area contributed by atoms with E-state index in [1.165, 1.54) is 52.0 Å². The van der Waals surface area contributed by atoms with Crippen molar-refractivity contribution in [3.63, 3.8) is 0 Å². The van der Waals surface area contributed by atoms with Gasteiger partial charge in [0.05, 0.1) is 6.10 Å². The smallest absolute Gasteiger partial charge is 0.0564 e. The van der Waals surface area contributed by atoms with Gasteiger partial charge in [0.1, 0.15) is 0 Å². The first kappa shape index (κ1) is 15.3. The average Bonchev–Trinajstić information content (AvgIpc) is 2.36. The molecule has 2 saturated heterocycles. The molecule has 2 aliphatic heterocycles. The molecule has 112 valence electrons. The van der Waals surface area contributed by atoms with E-state index < -0.39 is 0 Å². The van der Waals surface area contributed by atoms with Crippen LogP contribution in [0.15, 0.2) is 0 Å². The lowest BCUT2D eigenvalue weighted by atomic mass is 9.86. The van der Waals surface area contributed by atoms with Crippen LogP contribution in [0.1, 0.15) is 47.0 Å². The van der Waals surface area contributed by atoms with Crippen molar-refractivity contribution < 1.29 is 4.74 Å². The molecule has 2 aliphatic rings. The minimum atomic E-state index is 0.377. The van der Waals surface area contributed by atoms with Gasteiger partial charge >= 0.3 is 0 Å². The van der Waals surface area contributed by atoms with E-state index in [2.05, 4.69) is 37.5 Å². The lowest BCUT2D eigenvalue weighted by Crippen LogP contribution is -2.58. The number of piperazine rings is 1. The van der Waals surface area contributed by atoms with Crippen molar-refractivity contribution in [2.45, 2.75) is 58.6 Å². The molecule has 0 bridgehead atoms. The maximum atomic E-state index is 5.71. The van der Waals surface area contributed by atoms with Crippen LogP contribution >= 0.6 is 0 Å². The fourth-order valence-corrected chi connectivity index (χ4v) is 3.50. The molecule has 0 unspecified atom stereocenters. The Morgan fingerprint density at radius 3 is 2.47 bits per heavy atom. The number of nitrogens with zero attached hydrogens (tertiary/aromatic N) is 2. The third kappa shape index (κ3) is 4.17. The Kier molecular flexibility index (Phi) is 5.27. The summed E-state index contributed by atoms with van der Waals surface area (Å²) in [7, 11) is 0. The van der Waals surface area contributed by atoms with Crippen molar-refractivity contribution in [1.82, 2.24) is 9.80 Å². The normalized spacial score (nSPS) is 34.9. The van der Waals surface area contributed by atoms with Crippen LogP contribution in [-0.4, -0.2) is 60.8 Å². The second-order valence-electron chi connectivity index (χ2n) is 7.14. The van der Waals surface area contributed by atoms with Gasteiger partial charge in [0, 0.05) is 38.3 Å². The van der Waals surface area contributed by atoms with Crippen LogP contribution in [0.5, 0.6) is 0 Å². The predicted molar refractivity (Wildman–Crippen MR) is 80.5 cm³/mol. The fraction of sp³-hybridized carbons (Fsp3) is 1.00. The lowest BCUT2D eigenvalue weighted by molar-refractivity contribution is -0.0714. The fourth-order valence-electron chi connectivity index (χ4n) is 3.50. The molecule has 0 N–H and O–H groups in total. The highest BCUT2D eigenvalue weighted by Gasteiger charge is 2.37. The summed E-state index contributed by atoms with van der Waals surface area (Å²) in [6.45, 7) is 16.5. The summed E-state index contributed by atoms with van der Waals surface area (Å²) in [5.74, 6) is 0.826. The van der Waals surface area contributed by atoms with Gasteiger partial charge in [-0.15, -0.1) is 0 Å². The Labute approximate surface area is 119 Å². The quantitative estimate of drug-likeness (QED) is 0.779. The van der Waals surface area contributed by atoms with Crippen molar-refractivity contribution in [3.05, 3.63) is 0 Å². The Morgan fingerprint density at radius 1 is 1.21 bits per heavy atom. The standard InChI is InChI=1S/C16H32N2O/c1-14(2)5-7-17-8-10-18(11-9-17)16(4)6-12-19-15(3)13-16/h14-15H,5-13H2,1-4H3/t15-,16-/m0/s1. The molecule has 0 aromatic carbocycles. The SMILES string of the molecule is CC(C)CCN1CCN([C@@]2(C)CCO[C@@H](C)C2)CC1. The van der Waals surface area contributed by atoms with E-state index in [1.807, 2.05) is 0 Å². The minimum Gasteiger partial charge on any atom is -0.378 e. The van der Waals surface area contributed by atoms with Crippen LogP contribution in [0.3, 0.4) is 0 Å². The molecule has 19 heavy (non-hydrogen) atoms. The molecule has 2 heterocycles. The third-order valence-electron chi connectivity index (χ3n) is 4.93. The molecule has 0 radical (unpaired) electrons. The van der Waals surface area contributed by atoms with E-state index >= 15 is 0 Å². The Bertz CT molecular complexity index is 274. The second-order valence-corrected chi connectivity index (χ2v) is 7.14. The third-order valence-corrected chi connectivity index (χ3v) is 4.93. The Hall–Kier alpha value is -0.120. The Morgan fingerprint density at radius 2 is 1.89 bits per heavy atom. The predicted octanol–water partition coefficient (Wildman–Crippen LogP) is 2.61. The van der Waals surface area contributed by atoms with Crippen LogP contribution in [0.4, 0.5) is 0 Å². The van der Waals surface area contributed by atoms with Gasteiger partial charge in [-0.05, 0) is 45.6 Å². The van der Waals surface area contributed by atoms with Crippen LogP contribution in [-0.2, 0) is 4.74 Å². The van der Waals surface area contributed by atoms with Crippen LogP contribution in [0, 0.1) is 5.92 Å². The van der Waals surface area contributed by atoms with E-state index in [1.54, 1.807) is 0 Å². The summed E-state index contributed by atoms with van der Waals surface area (Å²) >= 11 is 0. The number of ether oxygens (including phenoxy) is 1. The number of rotatable bonds is 4. The van der Waals surface area contributed by atoms with Crippen molar-refractivity contribution >= 4 is 0 Å². The molecule has 2 rings (SSSR count). The maximum absolute atomic E-state index is 5.71. The molecule has 3 heteroatoms. The molecular formula is C16H32N2O. The summed E-state index contributed by atoms with van der Waals surface area (Å²) in [6, 6.07) is 0. The molecule has 2 atom stereocenters. The first-order valence-electron chi connectivity index (χ1n) is 8.08. The van der Waals surface area contributed by atoms with Gasteiger partial charge in [-0.1, -0.05) is 13.8 Å². The first-order chi connectivity index (χ1) is 8.99. The van der Waals surface area contributed by atoms with Gasteiger partial charge in [-0.2, -0.15) is 0 Å². The number of hydrogen-bond donors (Lipinski definition) is 0. The molecule has 0 saturated carbocycles. The molecule has 0 aromatic heterocycles. The first-order valence-corrected chi connectivity index (χ1v) is 8.08. The van der Waals surface area contributed by atoms with E-state index in [0.717, 1.165) is 12.5 Å². The van der Waals surface area contributed by atoms with E-state index in [-0.39, 0.29) is 0 Å². The molecule has 3 nitrogen and oxygen atoms in total. The molecular weight excluding hydrogens is 236 g/mol. The van der Waals surface area contributed by atoms with Crippen molar-refractivity contribution in [2.75, 3.05) is 39.3 Å². The van der Waals surface area contributed by atoms with Crippen molar-refractivity contribution in [3.8, 4) is 0 Å². The monoisotopic (exact) mass is 268 g/mol. The van der Waals surface area contributed by atoms with Gasteiger partial charge in [0.25, 0.3) is 0 Å². The zero-order valence-electron chi connectivity index (χ0n) is 13.3. The van der Waals surface area contributed by atoms with Gasteiger partial charge in [0.2, 0.25) is 0 Å². The Balaban J connectivity index is 1.79. The molecule has 0 spiro atoms. The summed E-state index contributed by atoms with van der Waals surface area (Å²) in [6.07, 6.45) is 4.16. The second kappa shape index (κ2) is 6.55. The van der Waals surface area contributed by atoms with E-state index in [9.17, 15) is 0 Å². The average molecular weight is 268 g/mol. The molecule has 0 aliphatic carbocycles. The van der Waals surface area contributed by atoms with Gasteiger partial charge in [-0.25, -0.2) is 0 Å². The van der Waals surface area contributed by atoms with Crippen LogP contribution in [0.2, 0.25) is 0 Å². The topological polar surface area (TPSA) is 15.7 Å². The van der Waals surface area contributed by atoms with Gasteiger partial charge < -0.3 is 9.64 Å². The van der Waals surface area contributed by atoms with E-state index in [0.29, 0.717) is 11.6 Å². The van der Waals surface area contributed by atoms with Crippen LogP contribution < -0.4 is 0 Å².